The zero-order valence-electron chi connectivity index (χ0n) is 10.4. The highest BCUT2D eigenvalue weighted by atomic mass is 19.1. The second-order valence-electron chi connectivity index (χ2n) is 3.96. The van der Waals surface area contributed by atoms with Crippen LogP contribution in [0.4, 0.5) is 10.1 Å². The number of carbonyl (C=O) groups is 1. The van der Waals surface area contributed by atoms with Crippen LogP contribution in [0, 0.1) is 11.7 Å². The molecule has 0 heterocycles. The van der Waals surface area contributed by atoms with Gasteiger partial charge >= 0.3 is 5.97 Å². The Labute approximate surface area is 101 Å². The first kappa shape index (κ1) is 13.5. The summed E-state index contributed by atoms with van der Waals surface area (Å²) in [6.07, 6.45) is 0.672. The van der Waals surface area contributed by atoms with E-state index >= 15 is 0 Å². The summed E-state index contributed by atoms with van der Waals surface area (Å²) < 4.78 is 18.2. The normalized spacial score (nSPS) is 12.0. The van der Waals surface area contributed by atoms with E-state index in [9.17, 15) is 9.18 Å². The van der Waals surface area contributed by atoms with Crippen LogP contribution in [0.1, 0.15) is 13.3 Å². The van der Waals surface area contributed by atoms with Crippen LogP contribution in [0.2, 0.25) is 0 Å². The molecule has 17 heavy (non-hydrogen) atoms. The van der Waals surface area contributed by atoms with Crippen LogP contribution in [-0.4, -0.2) is 26.7 Å². The summed E-state index contributed by atoms with van der Waals surface area (Å²) in [4.78, 5) is 13.2. The fraction of sp³-hybridized carbons (Fsp3) is 0.462. The van der Waals surface area contributed by atoms with Crippen LogP contribution >= 0.6 is 0 Å². The van der Waals surface area contributed by atoms with Gasteiger partial charge in [0.25, 0.3) is 0 Å². The van der Waals surface area contributed by atoms with Crippen molar-refractivity contribution in [2.24, 2.45) is 5.92 Å². The molecule has 0 aliphatic rings. The first-order valence-corrected chi connectivity index (χ1v) is 5.63. The Morgan fingerprint density at radius 2 is 2.12 bits per heavy atom. The van der Waals surface area contributed by atoms with Crippen LogP contribution < -0.4 is 4.90 Å². The minimum absolute atomic E-state index is 0.232. The number of benzene rings is 1. The fourth-order valence-electron chi connectivity index (χ4n) is 1.73. The highest BCUT2D eigenvalue weighted by Crippen LogP contribution is 2.19. The number of esters is 1. The average molecular weight is 239 g/mol. The maximum absolute atomic E-state index is 13.5. The number of rotatable bonds is 5. The lowest BCUT2D eigenvalue weighted by Crippen LogP contribution is -2.31. The van der Waals surface area contributed by atoms with Crippen molar-refractivity contribution in [1.29, 1.82) is 0 Å². The lowest BCUT2D eigenvalue weighted by Gasteiger charge is -2.23. The minimum atomic E-state index is -0.283. The van der Waals surface area contributed by atoms with E-state index in [4.69, 9.17) is 4.74 Å². The molecule has 0 radical (unpaired) electrons. The molecule has 3 nitrogen and oxygen atoms in total. The van der Waals surface area contributed by atoms with Gasteiger partial charge in [-0.15, -0.1) is 0 Å². The van der Waals surface area contributed by atoms with Gasteiger partial charge in [0, 0.05) is 13.6 Å². The van der Waals surface area contributed by atoms with Gasteiger partial charge in [-0.1, -0.05) is 19.1 Å². The van der Waals surface area contributed by atoms with Gasteiger partial charge < -0.3 is 9.64 Å². The predicted molar refractivity (Wildman–Crippen MR) is 65.5 cm³/mol. The molecule has 1 unspecified atom stereocenters. The van der Waals surface area contributed by atoms with Crippen LogP contribution in [0.5, 0.6) is 0 Å². The molecule has 0 saturated carbocycles. The third-order valence-corrected chi connectivity index (χ3v) is 2.79. The molecular formula is C13H18FNO2. The molecule has 0 saturated heterocycles. The van der Waals surface area contributed by atoms with Gasteiger partial charge in [0.1, 0.15) is 5.82 Å². The number of ether oxygens (including phenoxy) is 1. The third-order valence-electron chi connectivity index (χ3n) is 2.79. The number of para-hydroxylation sites is 1. The number of anilines is 1. The molecule has 0 spiro atoms. The Hall–Kier alpha value is -1.58. The monoisotopic (exact) mass is 239 g/mol. The lowest BCUT2D eigenvalue weighted by molar-refractivity contribution is -0.145. The summed E-state index contributed by atoms with van der Waals surface area (Å²) >= 11 is 0. The van der Waals surface area contributed by atoms with E-state index in [1.165, 1.54) is 13.2 Å². The van der Waals surface area contributed by atoms with Crippen LogP contribution in [0.25, 0.3) is 0 Å². The molecule has 94 valence electrons. The topological polar surface area (TPSA) is 29.5 Å². The summed E-state index contributed by atoms with van der Waals surface area (Å²) in [5.41, 5.74) is 0.495. The Kier molecular flexibility index (Phi) is 4.94. The molecular weight excluding hydrogens is 221 g/mol. The molecule has 0 aliphatic carbocycles. The second kappa shape index (κ2) is 6.23. The van der Waals surface area contributed by atoms with Gasteiger partial charge in [0.15, 0.2) is 0 Å². The summed E-state index contributed by atoms with van der Waals surface area (Å²) in [5, 5.41) is 0. The summed E-state index contributed by atoms with van der Waals surface area (Å²) in [6, 6.07) is 6.52. The SMILES string of the molecule is CCC(CN(C)c1ccccc1F)C(=O)OC. The number of methoxy groups -OCH3 is 1. The van der Waals surface area contributed by atoms with E-state index in [1.807, 2.05) is 6.92 Å². The molecule has 0 amide bonds. The standard InChI is InChI=1S/C13H18FNO2/c1-4-10(13(16)17-3)9-15(2)12-8-6-5-7-11(12)14/h5-8,10H,4,9H2,1-3H3. The predicted octanol–water partition coefficient (Wildman–Crippen LogP) is 2.46. The lowest BCUT2D eigenvalue weighted by atomic mass is 10.1. The molecule has 1 aromatic carbocycles. The largest absolute Gasteiger partial charge is 0.469 e. The van der Waals surface area contributed by atoms with Gasteiger partial charge in [-0.05, 0) is 18.6 Å². The fourth-order valence-corrected chi connectivity index (χ4v) is 1.73. The Bertz CT molecular complexity index is 381. The van der Waals surface area contributed by atoms with Crippen molar-refractivity contribution < 1.29 is 13.9 Å². The smallest absolute Gasteiger partial charge is 0.310 e. The van der Waals surface area contributed by atoms with Crippen LogP contribution in [0.3, 0.4) is 0 Å². The van der Waals surface area contributed by atoms with Crippen molar-refractivity contribution >= 4 is 11.7 Å². The van der Waals surface area contributed by atoms with Crippen molar-refractivity contribution in [1.82, 2.24) is 0 Å². The van der Waals surface area contributed by atoms with Crippen LogP contribution in [0.15, 0.2) is 24.3 Å². The first-order chi connectivity index (χ1) is 8.10. The molecule has 0 aliphatic heterocycles. The Morgan fingerprint density at radius 3 is 2.65 bits per heavy atom. The van der Waals surface area contributed by atoms with E-state index in [-0.39, 0.29) is 17.7 Å². The minimum Gasteiger partial charge on any atom is -0.469 e. The van der Waals surface area contributed by atoms with Crippen molar-refractivity contribution in [2.75, 3.05) is 25.6 Å². The van der Waals surface area contributed by atoms with Crippen molar-refractivity contribution in [3.8, 4) is 0 Å². The van der Waals surface area contributed by atoms with Crippen molar-refractivity contribution in [3.05, 3.63) is 30.1 Å². The van der Waals surface area contributed by atoms with E-state index < -0.39 is 0 Å². The average Bonchev–Trinajstić information content (AvgIpc) is 2.35. The molecule has 4 heteroatoms. The number of hydrogen-bond donors (Lipinski definition) is 0. The van der Waals surface area contributed by atoms with Gasteiger partial charge in [-0.2, -0.15) is 0 Å². The number of nitrogens with zero attached hydrogens (tertiary/aromatic N) is 1. The van der Waals surface area contributed by atoms with E-state index in [0.29, 0.717) is 18.7 Å². The van der Waals surface area contributed by atoms with Gasteiger partial charge in [-0.3, -0.25) is 4.79 Å². The summed E-state index contributed by atoms with van der Waals surface area (Å²) in [5.74, 6) is -0.769. The van der Waals surface area contributed by atoms with Crippen LogP contribution in [-0.2, 0) is 9.53 Å². The number of carbonyl (C=O) groups excluding carboxylic acids is 1. The van der Waals surface area contributed by atoms with Gasteiger partial charge in [-0.25, -0.2) is 4.39 Å². The first-order valence-electron chi connectivity index (χ1n) is 5.63. The van der Waals surface area contributed by atoms with E-state index in [2.05, 4.69) is 0 Å². The molecule has 0 fully saturated rings. The van der Waals surface area contributed by atoms with Crippen molar-refractivity contribution in [2.45, 2.75) is 13.3 Å². The second-order valence-corrected chi connectivity index (χ2v) is 3.96. The summed E-state index contributed by atoms with van der Waals surface area (Å²) in [7, 11) is 3.14. The molecule has 0 N–H and O–H groups in total. The van der Waals surface area contributed by atoms with Crippen molar-refractivity contribution in [3.63, 3.8) is 0 Å². The third kappa shape index (κ3) is 3.44. The molecule has 1 rings (SSSR count). The quantitative estimate of drug-likeness (QED) is 0.739. The van der Waals surface area contributed by atoms with E-state index in [1.54, 1.807) is 30.1 Å². The van der Waals surface area contributed by atoms with E-state index in [0.717, 1.165) is 0 Å². The summed E-state index contributed by atoms with van der Waals surface area (Å²) in [6.45, 7) is 2.36. The van der Waals surface area contributed by atoms with Gasteiger partial charge in [0.2, 0.25) is 0 Å². The zero-order valence-corrected chi connectivity index (χ0v) is 10.4. The Balaban J connectivity index is 2.74. The molecule has 1 aromatic rings. The number of hydrogen-bond acceptors (Lipinski definition) is 3. The maximum Gasteiger partial charge on any atom is 0.310 e. The number of halogens is 1. The molecule has 1 atom stereocenters. The zero-order chi connectivity index (χ0) is 12.8. The maximum atomic E-state index is 13.5. The molecule has 0 bridgehead atoms. The van der Waals surface area contributed by atoms with Gasteiger partial charge in [0.05, 0.1) is 18.7 Å². The highest BCUT2D eigenvalue weighted by Gasteiger charge is 2.20. The Morgan fingerprint density at radius 1 is 1.47 bits per heavy atom. The molecule has 0 aromatic heterocycles. The highest BCUT2D eigenvalue weighted by molar-refractivity contribution is 5.73.